The van der Waals surface area contributed by atoms with E-state index in [0.717, 1.165) is 16.8 Å². The van der Waals surface area contributed by atoms with E-state index >= 15 is 0 Å². The van der Waals surface area contributed by atoms with Crippen molar-refractivity contribution >= 4 is 34.9 Å². The molecule has 0 bridgehead atoms. The second kappa shape index (κ2) is 10.9. The zero-order valence-electron chi connectivity index (χ0n) is 17.3. The van der Waals surface area contributed by atoms with Gasteiger partial charge in [-0.15, -0.1) is 0 Å². The number of nitrogens with one attached hydrogen (secondary N) is 1. The molecule has 1 N–H and O–H groups in total. The van der Waals surface area contributed by atoms with E-state index in [9.17, 15) is 4.79 Å². The van der Waals surface area contributed by atoms with E-state index in [1.807, 2.05) is 30.3 Å². The van der Waals surface area contributed by atoms with Crippen molar-refractivity contribution < 1.29 is 19.0 Å². The van der Waals surface area contributed by atoms with Gasteiger partial charge in [-0.05, 0) is 61.0 Å². The highest BCUT2D eigenvalue weighted by Crippen LogP contribution is 2.31. The first kappa shape index (κ1) is 22.8. The molecule has 0 heterocycles. The quantitative estimate of drug-likeness (QED) is 0.376. The number of hydrogen-bond donors (Lipinski definition) is 1. The lowest BCUT2D eigenvalue weighted by atomic mass is 10.1. The number of halogens is 2. The van der Waals surface area contributed by atoms with Crippen molar-refractivity contribution in [3.63, 3.8) is 0 Å². The molecule has 0 saturated carbocycles. The lowest BCUT2D eigenvalue weighted by molar-refractivity contribution is 0.0526. The molecule has 0 aliphatic carbocycles. The highest BCUT2D eigenvalue weighted by molar-refractivity contribution is 6.35. The predicted octanol–water partition coefficient (Wildman–Crippen LogP) is 6.37. The van der Waals surface area contributed by atoms with Crippen LogP contribution in [-0.4, -0.2) is 19.7 Å². The number of rotatable bonds is 9. The Labute approximate surface area is 191 Å². The van der Waals surface area contributed by atoms with Crippen LogP contribution in [0.2, 0.25) is 10.0 Å². The smallest absolute Gasteiger partial charge is 0.338 e. The standard InChI is InChI=1S/C24H23Cl2NO4/c1-3-30-24(28)17-8-10-18(11-9-17)27-14-16-7-12-22(23(13-16)29-2)31-15-19-20(25)5-4-6-21(19)26/h4-13,27H,3,14-15H2,1-2H3. The lowest BCUT2D eigenvalue weighted by Crippen LogP contribution is -2.05. The van der Waals surface area contributed by atoms with Crippen LogP contribution in [0.4, 0.5) is 5.69 Å². The van der Waals surface area contributed by atoms with Gasteiger partial charge >= 0.3 is 5.97 Å². The molecule has 0 fully saturated rings. The van der Waals surface area contributed by atoms with Crippen molar-refractivity contribution in [1.29, 1.82) is 0 Å². The maximum atomic E-state index is 11.7. The van der Waals surface area contributed by atoms with Crippen LogP contribution in [0, 0.1) is 0 Å². The van der Waals surface area contributed by atoms with E-state index in [1.165, 1.54) is 0 Å². The minimum absolute atomic E-state index is 0.235. The van der Waals surface area contributed by atoms with Gasteiger partial charge in [0.05, 0.1) is 19.3 Å². The number of carbonyl (C=O) groups excluding carboxylic acids is 1. The summed E-state index contributed by atoms with van der Waals surface area (Å²) in [6, 6.07) is 18.2. The van der Waals surface area contributed by atoms with Gasteiger partial charge in [0.2, 0.25) is 0 Å². The SMILES string of the molecule is CCOC(=O)c1ccc(NCc2ccc(OCc3c(Cl)cccc3Cl)c(OC)c2)cc1. The maximum absolute atomic E-state index is 11.7. The van der Waals surface area contributed by atoms with Gasteiger partial charge in [0.1, 0.15) is 6.61 Å². The molecule has 0 atom stereocenters. The fraction of sp³-hybridized carbons (Fsp3) is 0.208. The number of benzene rings is 3. The first-order valence-electron chi connectivity index (χ1n) is 9.75. The second-order valence-electron chi connectivity index (χ2n) is 6.63. The molecule has 7 heteroatoms. The van der Waals surface area contributed by atoms with E-state index in [0.29, 0.717) is 40.3 Å². The van der Waals surface area contributed by atoms with Crippen LogP contribution in [0.15, 0.2) is 60.7 Å². The van der Waals surface area contributed by atoms with Gasteiger partial charge in [-0.1, -0.05) is 35.3 Å². The van der Waals surface area contributed by atoms with Crippen LogP contribution in [0.25, 0.3) is 0 Å². The molecule has 0 unspecified atom stereocenters. The Balaban J connectivity index is 1.62. The molecule has 3 aromatic carbocycles. The van der Waals surface area contributed by atoms with Crippen molar-refractivity contribution in [3.05, 3.63) is 87.4 Å². The summed E-state index contributed by atoms with van der Waals surface area (Å²) >= 11 is 12.4. The van der Waals surface area contributed by atoms with E-state index in [2.05, 4.69) is 5.32 Å². The minimum Gasteiger partial charge on any atom is -0.493 e. The van der Waals surface area contributed by atoms with E-state index < -0.39 is 0 Å². The Morgan fingerprint density at radius 1 is 0.968 bits per heavy atom. The Hall–Kier alpha value is -2.89. The van der Waals surface area contributed by atoms with Crippen LogP contribution in [0.3, 0.4) is 0 Å². The average Bonchev–Trinajstić information content (AvgIpc) is 2.78. The minimum atomic E-state index is -0.326. The molecule has 0 amide bonds. The molecule has 31 heavy (non-hydrogen) atoms. The van der Waals surface area contributed by atoms with Crippen LogP contribution in [0.1, 0.15) is 28.4 Å². The maximum Gasteiger partial charge on any atom is 0.338 e. The van der Waals surface area contributed by atoms with Crippen molar-refractivity contribution in [1.82, 2.24) is 0 Å². The molecule has 0 saturated heterocycles. The number of esters is 1. The Kier molecular flexibility index (Phi) is 8.04. The van der Waals surface area contributed by atoms with Crippen molar-refractivity contribution in [2.24, 2.45) is 0 Å². The van der Waals surface area contributed by atoms with Crippen LogP contribution < -0.4 is 14.8 Å². The summed E-state index contributed by atoms with van der Waals surface area (Å²) in [5.74, 6) is 0.883. The molecule has 0 aliphatic rings. The predicted molar refractivity (Wildman–Crippen MR) is 124 cm³/mol. The molecule has 3 aromatic rings. The molecule has 0 spiro atoms. The van der Waals surface area contributed by atoms with Gasteiger partial charge in [0, 0.05) is 27.8 Å². The van der Waals surface area contributed by atoms with Crippen molar-refractivity contribution in [2.45, 2.75) is 20.1 Å². The summed E-state index contributed by atoms with van der Waals surface area (Å²) in [7, 11) is 1.59. The number of anilines is 1. The summed E-state index contributed by atoms with van der Waals surface area (Å²) < 4.78 is 16.4. The fourth-order valence-corrected chi connectivity index (χ4v) is 3.41. The highest BCUT2D eigenvalue weighted by atomic mass is 35.5. The molecule has 0 aliphatic heterocycles. The van der Waals surface area contributed by atoms with E-state index in [-0.39, 0.29) is 12.6 Å². The Morgan fingerprint density at radius 2 is 1.68 bits per heavy atom. The van der Waals surface area contributed by atoms with Crippen LogP contribution >= 0.6 is 23.2 Å². The molecule has 3 rings (SSSR count). The van der Waals surface area contributed by atoms with E-state index in [4.69, 9.17) is 37.4 Å². The third kappa shape index (κ3) is 6.06. The summed E-state index contributed by atoms with van der Waals surface area (Å²) in [4.78, 5) is 11.7. The lowest BCUT2D eigenvalue weighted by Gasteiger charge is -2.14. The van der Waals surface area contributed by atoms with Crippen LogP contribution in [-0.2, 0) is 17.9 Å². The molecular formula is C24H23Cl2NO4. The molecule has 162 valence electrons. The van der Waals surface area contributed by atoms with Gasteiger partial charge in [-0.3, -0.25) is 0 Å². The van der Waals surface area contributed by atoms with Crippen molar-refractivity contribution in [2.75, 3.05) is 19.0 Å². The van der Waals surface area contributed by atoms with Gasteiger partial charge < -0.3 is 19.5 Å². The summed E-state index contributed by atoms with van der Waals surface area (Å²) in [6.07, 6.45) is 0. The largest absolute Gasteiger partial charge is 0.493 e. The van der Waals surface area contributed by atoms with E-state index in [1.54, 1.807) is 44.4 Å². The molecule has 5 nitrogen and oxygen atoms in total. The zero-order valence-corrected chi connectivity index (χ0v) is 18.8. The van der Waals surface area contributed by atoms with Gasteiger partial charge in [-0.2, -0.15) is 0 Å². The molecule has 0 aromatic heterocycles. The molecule has 0 radical (unpaired) electrons. The topological polar surface area (TPSA) is 56.8 Å². The van der Waals surface area contributed by atoms with Crippen molar-refractivity contribution in [3.8, 4) is 11.5 Å². The Bertz CT molecular complexity index is 1020. The third-order valence-electron chi connectivity index (χ3n) is 4.55. The first-order chi connectivity index (χ1) is 15.0. The third-order valence-corrected chi connectivity index (χ3v) is 5.26. The number of carbonyl (C=O) groups is 1. The fourth-order valence-electron chi connectivity index (χ4n) is 2.90. The number of hydrogen-bond acceptors (Lipinski definition) is 5. The molecular weight excluding hydrogens is 437 g/mol. The zero-order chi connectivity index (χ0) is 22.2. The normalized spacial score (nSPS) is 10.5. The first-order valence-corrected chi connectivity index (χ1v) is 10.5. The highest BCUT2D eigenvalue weighted by Gasteiger charge is 2.10. The summed E-state index contributed by atoms with van der Waals surface area (Å²) in [5.41, 5.74) is 3.15. The monoisotopic (exact) mass is 459 g/mol. The van der Waals surface area contributed by atoms with Crippen LogP contribution in [0.5, 0.6) is 11.5 Å². The van der Waals surface area contributed by atoms with Gasteiger partial charge in [0.15, 0.2) is 11.5 Å². The Morgan fingerprint density at radius 3 is 2.32 bits per heavy atom. The summed E-state index contributed by atoms with van der Waals surface area (Å²) in [5, 5.41) is 4.43. The number of ether oxygens (including phenoxy) is 3. The summed E-state index contributed by atoms with van der Waals surface area (Å²) in [6.45, 7) is 2.95. The second-order valence-corrected chi connectivity index (χ2v) is 7.44. The average molecular weight is 460 g/mol. The number of methoxy groups -OCH3 is 1. The van der Waals surface area contributed by atoms with Gasteiger partial charge in [0.25, 0.3) is 0 Å². The van der Waals surface area contributed by atoms with Gasteiger partial charge in [-0.25, -0.2) is 4.79 Å².